The van der Waals surface area contributed by atoms with E-state index in [1.165, 1.54) is 17.7 Å². The SMILES string of the molecule is CC(=O)Nn1cc(C=CC(N)=O)c2cccnc21. The fourth-order valence-corrected chi connectivity index (χ4v) is 1.64. The lowest BCUT2D eigenvalue weighted by Gasteiger charge is -2.02. The number of aromatic nitrogens is 2. The number of fused-ring (bicyclic) bond motifs is 1. The number of carbonyl (C=O) groups is 2. The number of hydrogen-bond acceptors (Lipinski definition) is 3. The molecule has 0 aliphatic carbocycles. The highest BCUT2D eigenvalue weighted by atomic mass is 16.2. The molecule has 18 heavy (non-hydrogen) atoms. The van der Waals surface area contributed by atoms with Crippen molar-refractivity contribution in [2.75, 3.05) is 5.43 Å². The monoisotopic (exact) mass is 244 g/mol. The van der Waals surface area contributed by atoms with Crippen molar-refractivity contribution in [3.63, 3.8) is 0 Å². The zero-order valence-electron chi connectivity index (χ0n) is 9.75. The minimum Gasteiger partial charge on any atom is -0.366 e. The molecule has 0 saturated carbocycles. The Hall–Kier alpha value is -2.63. The fraction of sp³-hybridized carbons (Fsp3) is 0.0833. The lowest BCUT2D eigenvalue weighted by molar-refractivity contribution is -0.115. The van der Waals surface area contributed by atoms with E-state index in [-0.39, 0.29) is 5.91 Å². The van der Waals surface area contributed by atoms with Gasteiger partial charge in [-0.1, -0.05) is 0 Å². The maximum atomic E-state index is 11.1. The quantitative estimate of drug-likeness (QED) is 0.776. The lowest BCUT2D eigenvalue weighted by Crippen LogP contribution is -2.18. The zero-order chi connectivity index (χ0) is 13.1. The number of nitrogens with two attached hydrogens (primary N) is 1. The molecule has 2 aromatic heterocycles. The molecule has 0 unspecified atom stereocenters. The Kier molecular flexibility index (Phi) is 3.09. The van der Waals surface area contributed by atoms with E-state index in [1.807, 2.05) is 6.07 Å². The summed E-state index contributed by atoms with van der Waals surface area (Å²) in [6, 6.07) is 3.63. The largest absolute Gasteiger partial charge is 0.366 e. The topological polar surface area (TPSA) is 90.0 Å². The van der Waals surface area contributed by atoms with Crippen molar-refractivity contribution in [2.24, 2.45) is 5.73 Å². The van der Waals surface area contributed by atoms with Gasteiger partial charge in [-0.3, -0.25) is 15.0 Å². The second-order valence-corrected chi connectivity index (χ2v) is 3.73. The highest BCUT2D eigenvalue weighted by molar-refractivity contribution is 5.95. The van der Waals surface area contributed by atoms with E-state index in [4.69, 9.17) is 5.73 Å². The maximum absolute atomic E-state index is 11.1. The average molecular weight is 244 g/mol. The molecule has 0 aliphatic heterocycles. The molecule has 0 atom stereocenters. The van der Waals surface area contributed by atoms with E-state index in [2.05, 4.69) is 10.4 Å². The van der Waals surface area contributed by atoms with Crippen LogP contribution in [0.3, 0.4) is 0 Å². The van der Waals surface area contributed by atoms with Crippen LogP contribution in [0.2, 0.25) is 0 Å². The van der Waals surface area contributed by atoms with Gasteiger partial charge in [0.05, 0.1) is 0 Å². The summed E-state index contributed by atoms with van der Waals surface area (Å²) in [5.74, 6) is -0.734. The van der Waals surface area contributed by atoms with Gasteiger partial charge in [-0.25, -0.2) is 9.66 Å². The van der Waals surface area contributed by atoms with Crippen molar-refractivity contribution in [3.05, 3.63) is 36.2 Å². The van der Waals surface area contributed by atoms with Crippen molar-refractivity contribution >= 4 is 28.9 Å². The molecule has 2 rings (SSSR count). The van der Waals surface area contributed by atoms with Crippen LogP contribution >= 0.6 is 0 Å². The zero-order valence-corrected chi connectivity index (χ0v) is 9.75. The molecule has 6 heteroatoms. The predicted octanol–water partition coefficient (Wildman–Crippen LogP) is 0.625. The van der Waals surface area contributed by atoms with Gasteiger partial charge in [-0.2, -0.15) is 0 Å². The Labute approximate surface area is 103 Å². The van der Waals surface area contributed by atoms with Gasteiger partial charge < -0.3 is 5.73 Å². The van der Waals surface area contributed by atoms with E-state index in [0.717, 1.165) is 10.9 Å². The second-order valence-electron chi connectivity index (χ2n) is 3.73. The highest BCUT2D eigenvalue weighted by Crippen LogP contribution is 2.19. The van der Waals surface area contributed by atoms with Crippen LogP contribution in [0.15, 0.2) is 30.6 Å². The summed E-state index contributed by atoms with van der Waals surface area (Å²) in [4.78, 5) is 26.0. The summed E-state index contributed by atoms with van der Waals surface area (Å²) < 4.78 is 1.51. The van der Waals surface area contributed by atoms with Gasteiger partial charge >= 0.3 is 0 Å². The lowest BCUT2D eigenvalue weighted by atomic mass is 10.2. The third kappa shape index (κ3) is 2.37. The second kappa shape index (κ2) is 4.70. The minimum absolute atomic E-state index is 0.206. The first kappa shape index (κ1) is 11.8. The number of pyridine rings is 1. The number of amides is 2. The van der Waals surface area contributed by atoms with E-state index in [1.54, 1.807) is 24.5 Å². The van der Waals surface area contributed by atoms with Crippen molar-refractivity contribution in [2.45, 2.75) is 6.92 Å². The van der Waals surface area contributed by atoms with E-state index in [0.29, 0.717) is 5.65 Å². The summed E-state index contributed by atoms with van der Waals surface area (Å²) in [5, 5.41) is 0.823. The van der Waals surface area contributed by atoms with Crippen LogP contribution in [0.5, 0.6) is 0 Å². The van der Waals surface area contributed by atoms with Crippen molar-refractivity contribution in [1.29, 1.82) is 0 Å². The summed E-state index contributed by atoms with van der Waals surface area (Å²) in [6.07, 6.45) is 6.16. The molecular weight excluding hydrogens is 232 g/mol. The Morgan fingerprint density at radius 3 is 2.94 bits per heavy atom. The van der Waals surface area contributed by atoms with Gasteiger partial charge in [0.1, 0.15) is 0 Å². The third-order valence-electron chi connectivity index (χ3n) is 2.30. The molecule has 92 valence electrons. The Balaban J connectivity index is 2.53. The Bertz CT molecular complexity index is 643. The fourth-order valence-electron chi connectivity index (χ4n) is 1.64. The number of nitrogens with zero attached hydrogens (tertiary/aromatic N) is 2. The highest BCUT2D eigenvalue weighted by Gasteiger charge is 2.07. The maximum Gasteiger partial charge on any atom is 0.241 e. The van der Waals surface area contributed by atoms with Crippen LogP contribution in [0.25, 0.3) is 17.1 Å². The Morgan fingerprint density at radius 2 is 2.28 bits per heavy atom. The molecule has 6 nitrogen and oxygen atoms in total. The first-order valence-corrected chi connectivity index (χ1v) is 5.29. The normalized spacial score (nSPS) is 10.9. The van der Waals surface area contributed by atoms with Crippen molar-refractivity contribution in [3.8, 4) is 0 Å². The standard InChI is InChI=1S/C12H12N4O2/c1-8(17)15-16-7-9(4-5-11(13)18)10-3-2-6-14-12(10)16/h2-7H,1H3,(H2,13,18)(H,15,17). The smallest absolute Gasteiger partial charge is 0.241 e. The first-order chi connectivity index (χ1) is 8.58. The predicted molar refractivity (Wildman–Crippen MR) is 68.0 cm³/mol. The molecule has 2 aromatic rings. The molecule has 0 aromatic carbocycles. The van der Waals surface area contributed by atoms with E-state index >= 15 is 0 Å². The number of primary amides is 1. The van der Waals surface area contributed by atoms with Crippen LogP contribution in [0, 0.1) is 0 Å². The molecule has 0 saturated heterocycles. The molecule has 2 amide bonds. The molecule has 3 N–H and O–H groups in total. The first-order valence-electron chi connectivity index (χ1n) is 5.29. The van der Waals surface area contributed by atoms with E-state index < -0.39 is 5.91 Å². The van der Waals surface area contributed by atoms with Gasteiger partial charge in [-0.05, 0) is 18.2 Å². The number of carbonyl (C=O) groups excluding carboxylic acids is 2. The molecule has 0 spiro atoms. The van der Waals surface area contributed by atoms with Gasteiger partial charge in [-0.15, -0.1) is 0 Å². The van der Waals surface area contributed by atoms with Crippen LogP contribution in [-0.4, -0.2) is 21.5 Å². The van der Waals surface area contributed by atoms with E-state index in [9.17, 15) is 9.59 Å². The molecular formula is C12H12N4O2. The third-order valence-corrected chi connectivity index (χ3v) is 2.30. The van der Waals surface area contributed by atoms with Crippen LogP contribution in [-0.2, 0) is 9.59 Å². The molecule has 2 heterocycles. The van der Waals surface area contributed by atoms with Crippen LogP contribution in [0.4, 0.5) is 0 Å². The van der Waals surface area contributed by atoms with Gasteiger partial charge in [0.25, 0.3) is 0 Å². The van der Waals surface area contributed by atoms with Gasteiger partial charge in [0.2, 0.25) is 11.8 Å². The molecule has 0 bridgehead atoms. The van der Waals surface area contributed by atoms with Crippen LogP contribution in [0.1, 0.15) is 12.5 Å². The number of hydrogen-bond donors (Lipinski definition) is 2. The van der Waals surface area contributed by atoms with Crippen LogP contribution < -0.4 is 11.2 Å². The number of rotatable bonds is 3. The summed E-state index contributed by atoms with van der Waals surface area (Å²) in [5.41, 5.74) is 9.04. The molecule has 0 aliphatic rings. The average Bonchev–Trinajstić information content (AvgIpc) is 2.65. The number of nitrogens with one attached hydrogen (secondary N) is 1. The van der Waals surface area contributed by atoms with Crippen molar-refractivity contribution in [1.82, 2.24) is 9.66 Å². The van der Waals surface area contributed by atoms with Crippen molar-refractivity contribution < 1.29 is 9.59 Å². The molecule has 0 radical (unpaired) electrons. The summed E-state index contributed by atoms with van der Waals surface area (Å²) >= 11 is 0. The minimum atomic E-state index is -0.528. The van der Waals surface area contributed by atoms with Gasteiger partial charge in [0.15, 0.2) is 5.65 Å². The summed E-state index contributed by atoms with van der Waals surface area (Å²) in [6.45, 7) is 1.41. The Morgan fingerprint density at radius 1 is 1.50 bits per heavy atom. The summed E-state index contributed by atoms with van der Waals surface area (Å²) in [7, 11) is 0. The van der Waals surface area contributed by atoms with Gasteiger partial charge in [0, 0.05) is 36.3 Å². The molecule has 0 fully saturated rings.